The molecule has 4 nitrogen and oxygen atoms in total. The number of benzene rings is 2. The molecule has 1 atom stereocenters. The van der Waals surface area contributed by atoms with Gasteiger partial charge >= 0.3 is 0 Å². The highest BCUT2D eigenvalue weighted by molar-refractivity contribution is 6.30. The second-order valence-electron chi connectivity index (χ2n) is 5.23. The van der Waals surface area contributed by atoms with Crippen LogP contribution in [0.5, 0.6) is 0 Å². The summed E-state index contributed by atoms with van der Waals surface area (Å²) in [6, 6.07) is 14.5. The molecule has 0 aliphatic heterocycles. The SMILES string of the molecule is O=C(CC(O)c1ccc(Cl)cc1)Nc1cncc2ccccc12. The molecular weight excluding hydrogens is 312 g/mol. The average molecular weight is 327 g/mol. The number of aliphatic hydroxyl groups is 1. The van der Waals surface area contributed by atoms with Gasteiger partial charge in [-0.15, -0.1) is 0 Å². The maximum Gasteiger partial charge on any atom is 0.227 e. The van der Waals surface area contributed by atoms with Crippen LogP contribution in [0.15, 0.2) is 60.9 Å². The Labute approximate surface area is 138 Å². The van der Waals surface area contributed by atoms with Gasteiger partial charge in [-0.25, -0.2) is 0 Å². The third kappa shape index (κ3) is 3.67. The fourth-order valence-electron chi connectivity index (χ4n) is 2.40. The quantitative estimate of drug-likeness (QED) is 0.763. The Morgan fingerprint density at radius 2 is 1.87 bits per heavy atom. The van der Waals surface area contributed by atoms with Crippen LogP contribution in [0.1, 0.15) is 18.1 Å². The number of nitrogens with zero attached hydrogens (tertiary/aromatic N) is 1. The average Bonchev–Trinajstić information content (AvgIpc) is 2.55. The monoisotopic (exact) mass is 326 g/mol. The molecule has 0 aliphatic carbocycles. The Hall–Kier alpha value is -2.43. The number of amides is 1. The molecule has 2 aromatic carbocycles. The van der Waals surface area contributed by atoms with Gasteiger partial charge in [0.2, 0.25) is 5.91 Å². The number of fused-ring (bicyclic) bond motifs is 1. The van der Waals surface area contributed by atoms with E-state index in [1.54, 1.807) is 36.7 Å². The number of anilines is 1. The Balaban J connectivity index is 1.72. The summed E-state index contributed by atoms with van der Waals surface area (Å²) in [7, 11) is 0. The fourth-order valence-corrected chi connectivity index (χ4v) is 2.52. The third-order valence-electron chi connectivity index (χ3n) is 3.58. The van der Waals surface area contributed by atoms with Crippen LogP contribution in [0.4, 0.5) is 5.69 Å². The zero-order chi connectivity index (χ0) is 16.2. The van der Waals surface area contributed by atoms with Gasteiger partial charge in [-0.05, 0) is 17.7 Å². The lowest BCUT2D eigenvalue weighted by atomic mass is 10.1. The van der Waals surface area contributed by atoms with Crippen molar-refractivity contribution in [2.45, 2.75) is 12.5 Å². The van der Waals surface area contributed by atoms with Crippen molar-refractivity contribution in [3.63, 3.8) is 0 Å². The van der Waals surface area contributed by atoms with E-state index in [1.807, 2.05) is 24.3 Å². The van der Waals surface area contributed by atoms with Crippen molar-refractivity contribution in [3.8, 4) is 0 Å². The largest absolute Gasteiger partial charge is 0.388 e. The zero-order valence-electron chi connectivity index (χ0n) is 12.2. The van der Waals surface area contributed by atoms with Gasteiger partial charge in [-0.1, -0.05) is 48.0 Å². The van der Waals surface area contributed by atoms with Crippen LogP contribution in [0.25, 0.3) is 10.8 Å². The number of hydrogen-bond donors (Lipinski definition) is 2. The molecule has 2 N–H and O–H groups in total. The number of rotatable bonds is 4. The van der Waals surface area contributed by atoms with Gasteiger partial charge in [-0.2, -0.15) is 0 Å². The molecule has 1 heterocycles. The minimum absolute atomic E-state index is 0.0369. The van der Waals surface area contributed by atoms with Crippen molar-refractivity contribution in [1.82, 2.24) is 4.98 Å². The summed E-state index contributed by atoms with van der Waals surface area (Å²) < 4.78 is 0. The van der Waals surface area contributed by atoms with Crippen LogP contribution in [0.2, 0.25) is 5.02 Å². The first-order chi connectivity index (χ1) is 11.1. The predicted octanol–water partition coefficient (Wildman–Crippen LogP) is 3.95. The van der Waals surface area contributed by atoms with Gasteiger partial charge in [0.05, 0.1) is 24.4 Å². The molecule has 0 fully saturated rings. The van der Waals surface area contributed by atoms with Crippen molar-refractivity contribution in [3.05, 3.63) is 71.5 Å². The molecule has 0 aliphatic rings. The van der Waals surface area contributed by atoms with Crippen molar-refractivity contribution in [1.29, 1.82) is 0 Å². The molecule has 23 heavy (non-hydrogen) atoms. The smallest absolute Gasteiger partial charge is 0.227 e. The Bertz CT molecular complexity index is 829. The molecule has 0 saturated heterocycles. The summed E-state index contributed by atoms with van der Waals surface area (Å²) >= 11 is 5.82. The highest BCUT2D eigenvalue weighted by atomic mass is 35.5. The Morgan fingerprint density at radius 3 is 2.65 bits per heavy atom. The standard InChI is InChI=1S/C18H15ClN2O2/c19-14-7-5-12(6-8-14)17(22)9-18(23)21-16-11-20-10-13-3-1-2-4-15(13)16/h1-8,10-11,17,22H,9H2,(H,21,23). The first kappa shape index (κ1) is 15.5. The van der Waals surface area contributed by atoms with Crippen molar-refractivity contribution >= 4 is 34.0 Å². The molecule has 5 heteroatoms. The van der Waals surface area contributed by atoms with E-state index in [4.69, 9.17) is 11.6 Å². The van der Waals surface area contributed by atoms with Crippen LogP contribution >= 0.6 is 11.6 Å². The van der Waals surface area contributed by atoms with E-state index in [2.05, 4.69) is 10.3 Å². The summed E-state index contributed by atoms with van der Waals surface area (Å²) in [4.78, 5) is 16.3. The summed E-state index contributed by atoms with van der Waals surface area (Å²) in [6.07, 6.45) is 2.43. The second kappa shape index (κ2) is 6.77. The van der Waals surface area contributed by atoms with Crippen molar-refractivity contribution in [2.24, 2.45) is 0 Å². The number of pyridine rings is 1. The van der Waals surface area contributed by atoms with Gasteiger partial charge in [0, 0.05) is 22.0 Å². The first-order valence-electron chi connectivity index (χ1n) is 7.19. The molecule has 0 saturated carbocycles. The highest BCUT2D eigenvalue weighted by Gasteiger charge is 2.14. The van der Waals surface area contributed by atoms with Gasteiger partial charge in [0.15, 0.2) is 0 Å². The minimum atomic E-state index is -0.879. The van der Waals surface area contributed by atoms with Gasteiger partial charge < -0.3 is 10.4 Å². The van der Waals surface area contributed by atoms with Crippen LogP contribution < -0.4 is 5.32 Å². The van der Waals surface area contributed by atoms with E-state index >= 15 is 0 Å². The molecule has 0 bridgehead atoms. The molecule has 116 valence electrons. The van der Waals surface area contributed by atoms with E-state index < -0.39 is 6.10 Å². The first-order valence-corrected chi connectivity index (χ1v) is 7.57. The van der Waals surface area contributed by atoms with Crippen LogP contribution in [0, 0.1) is 0 Å². The van der Waals surface area contributed by atoms with E-state index in [-0.39, 0.29) is 12.3 Å². The lowest BCUT2D eigenvalue weighted by Gasteiger charge is -2.12. The molecular formula is C18H15ClN2O2. The van der Waals surface area contributed by atoms with Crippen molar-refractivity contribution < 1.29 is 9.90 Å². The van der Waals surface area contributed by atoms with Crippen LogP contribution in [-0.2, 0) is 4.79 Å². The normalized spacial score (nSPS) is 12.1. The van der Waals surface area contributed by atoms with E-state index in [9.17, 15) is 9.90 Å². The lowest BCUT2D eigenvalue weighted by Crippen LogP contribution is -2.15. The summed E-state index contributed by atoms with van der Waals surface area (Å²) in [6.45, 7) is 0. The number of hydrogen-bond acceptors (Lipinski definition) is 3. The summed E-state index contributed by atoms with van der Waals surface area (Å²) in [5.41, 5.74) is 1.29. The molecule has 1 amide bonds. The van der Waals surface area contributed by atoms with Gasteiger partial charge in [0.25, 0.3) is 0 Å². The number of nitrogens with one attached hydrogen (secondary N) is 1. The highest BCUT2D eigenvalue weighted by Crippen LogP contribution is 2.23. The maximum absolute atomic E-state index is 12.2. The molecule has 1 aromatic heterocycles. The Morgan fingerprint density at radius 1 is 1.13 bits per heavy atom. The topological polar surface area (TPSA) is 62.2 Å². The number of aromatic nitrogens is 1. The van der Waals surface area contributed by atoms with Crippen LogP contribution in [-0.4, -0.2) is 16.0 Å². The molecule has 0 spiro atoms. The van der Waals surface area contributed by atoms with E-state index in [0.717, 1.165) is 10.8 Å². The van der Waals surface area contributed by atoms with Crippen LogP contribution in [0.3, 0.4) is 0 Å². The number of carbonyl (C=O) groups is 1. The van der Waals surface area contributed by atoms with Gasteiger partial charge in [-0.3, -0.25) is 9.78 Å². The maximum atomic E-state index is 12.2. The van der Waals surface area contributed by atoms with E-state index in [0.29, 0.717) is 16.3 Å². The van der Waals surface area contributed by atoms with Gasteiger partial charge in [0.1, 0.15) is 0 Å². The fraction of sp³-hybridized carbons (Fsp3) is 0.111. The minimum Gasteiger partial charge on any atom is -0.388 e. The molecule has 3 rings (SSSR count). The molecule has 0 radical (unpaired) electrons. The molecule has 1 unspecified atom stereocenters. The zero-order valence-corrected chi connectivity index (χ0v) is 13.0. The second-order valence-corrected chi connectivity index (χ2v) is 5.66. The predicted molar refractivity (Wildman–Crippen MR) is 91.4 cm³/mol. The van der Waals surface area contributed by atoms with Crippen molar-refractivity contribution in [2.75, 3.05) is 5.32 Å². The van der Waals surface area contributed by atoms with E-state index in [1.165, 1.54) is 0 Å². The third-order valence-corrected chi connectivity index (χ3v) is 3.83. The Kier molecular flexibility index (Phi) is 4.55. The number of aliphatic hydroxyl groups excluding tert-OH is 1. The summed E-state index contributed by atoms with van der Waals surface area (Å²) in [5.74, 6) is -0.273. The molecule has 3 aromatic rings. The summed E-state index contributed by atoms with van der Waals surface area (Å²) in [5, 5.41) is 15.4. The lowest BCUT2D eigenvalue weighted by molar-refractivity contribution is -0.118. The number of carbonyl (C=O) groups excluding carboxylic acids is 1. The number of halogens is 1.